The van der Waals surface area contributed by atoms with E-state index < -0.39 is 0 Å². The summed E-state index contributed by atoms with van der Waals surface area (Å²) in [6, 6.07) is 10.7. The van der Waals surface area contributed by atoms with E-state index in [9.17, 15) is 4.79 Å². The smallest absolute Gasteiger partial charge is 0.315 e. The van der Waals surface area contributed by atoms with E-state index in [1.807, 2.05) is 13.1 Å². The van der Waals surface area contributed by atoms with Crippen molar-refractivity contribution >= 4 is 6.03 Å². The van der Waals surface area contributed by atoms with Crippen LogP contribution in [0.15, 0.2) is 36.5 Å². The van der Waals surface area contributed by atoms with E-state index in [1.54, 1.807) is 10.9 Å². The Hall–Kier alpha value is -2.30. The fraction of sp³-hybridized carbons (Fsp3) is 0.474. The van der Waals surface area contributed by atoms with E-state index in [-0.39, 0.29) is 6.03 Å². The van der Waals surface area contributed by atoms with Gasteiger partial charge in [-0.3, -0.25) is 4.68 Å². The number of carbonyl (C=O) groups excluding carboxylic acids is 1. The third-order valence-electron chi connectivity index (χ3n) is 5.72. The number of fused-ring (bicyclic) bond motifs is 2. The van der Waals surface area contributed by atoms with Gasteiger partial charge in [0.15, 0.2) is 0 Å². The number of hydrogen-bond acceptors (Lipinski definition) is 2. The molecule has 2 aliphatic carbocycles. The van der Waals surface area contributed by atoms with Crippen LogP contribution in [0.5, 0.6) is 0 Å². The first-order valence-electron chi connectivity index (χ1n) is 8.76. The number of hydrogen-bond donors (Lipinski definition) is 2. The Bertz CT molecular complexity index is 753. The van der Waals surface area contributed by atoms with Crippen LogP contribution < -0.4 is 10.6 Å². The Morgan fingerprint density at radius 2 is 2.21 bits per heavy atom. The van der Waals surface area contributed by atoms with E-state index in [4.69, 9.17) is 0 Å². The lowest BCUT2D eigenvalue weighted by molar-refractivity contribution is 0.239. The summed E-state index contributed by atoms with van der Waals surface area (Å²) in [5.74, 6) is 0.571. The molecular formula is C19H24N4O. The summed E-state index contributed by atoms with van der Waals surface area (Å²) >= 11 is 0. The minimum Gasteiger partial charge on any atom is -0.338 e. The fourth-order valence-electron chi connectivity index (χ4n) is 4.26. The average Bonchev–Trinajstić information content (AvgIpc) is 3.12. The molecule has 1 saturated carbocycles. The molecule has 1 fully saturated rings. The SMILES string of the molecule is Cn1nccc1CNC(=O)NC[C@@H]1C[C@@]12CCCc1ccccc12. The highest BCUT2D eigenvalue weighted by atomic mass is 16.2. The summed E-state index contributed by atoms with van der Waals surface area (Å²) in [6.45, 7) is 1.26. The van der Waals surface area contributed by atoms with Gasteiger partial charge in [0.05, 0.1) is 12.2 Å². The number of aromatic nitrogens is 2. The van der Waals surface area contributed by atoms with Gasteiger partial charge < -0.3 is 10.6 Å². The highest BCUT2D eigenvalue weighted by Crippen LogP contribution is 2.59. The van der Waals surface area contributed by atoms with Gasteiger partial charge in [0.1, 0.15) is 0 Å². The summed E-state index contributed by atoms with van der Waals surface area (Å²) < 4.78 is 1.77. The van der Waals surface area contributed by atoms with Gasteiger partial charge in [0.25, 0.3) is 0 Å². The number of benzene rings is 1. The zero-order valence-corrected chi connectivity index (χ0v) is 14.1. The van der Waals surface area contributed by atoms with Crippen molar-refractivity contribution < 1.29 is 4.79 Å². The Morgan fingerprint density at radius 3 is 3.04 bits per heavy atom. The molecule has 126 valence electrons. The Balaban J connectivity index is 1.31. The number of nitrogens with one attached hydrogen (secondary N) is 2. The molecule has 0 saturated heterocycles. The molecule has 2 N–H and O–H groups in total. The van der Waals surface area contributed by atoms with Crippen LogP contribution in [-0.4, -0.2) is 22.4 Å². The molecule has 24 heavy (non-hydrogen) atoms. The summed E-state index contributed by atoms with van der Waals surface area (Å²) in [7, 11) is 1.88. The van der Waals surface area contributed by atoms with Gasteiger partial charge in [-0.15, -0.1) is 0 Å². The van der Waals surface area contributed by atoms with Crippen LogP contribution in [0.1, 0.15) is 36.1 Å². The summed E-state index contributed by atoms with van der Waals surface area (Å²) in [4.78, 5) is 12.0. The minimum atomic E-state index is -0.0951. The number of nitrogens with zero attached hydrogens (tertiary/aromatic N) is 2. The molecule has 4 rings (SSSR count). The summed E-state index contributed by atoms with van der Waals surface area (Å²) in [5.41, 5.74) is 4.35. The second-order valence-corrected chi connectivity index (χ2v) is 7.08. The predicted octanol–water partition coefficient (Wildman–Crippen LogP) is 2.51. The summed E-state index contributed by atoms with van der Waals surface area (Å²) in [5, 5.41) is 10.1. The van der Waals surface area contributed by atoms with Crippen LogP contribution in [0.3, 0.4) is 0 Å². The topological polar surface area (TPSA) is 59.0 Å². The molecule has 2 atom stereocenters. The number of carbonyl (C=O) groups is 1. The molecule has 2 aliphatic rings. The molecule has 2 aromatic rings. The standard InChI is InChI=1S/C19H24N4O/c1-23-16(8-10-22-23)13-21-18(24)20-12-15-11-19(15)9-4-6-14-5-2-3-7-17(14)19/h2-3,5,7-8,10,15H,4,6,9,11-13H2,1H3,(H2,20,21,24)/t15-,19-/m0/s1. The van der Waals surface area contributed by atoms with Crippen LogP contribution >= 0.6 is 0 Å². The quantitative estimate of drug-likeness (QED) is 0.908. The predicted molar refractivity (Wildman–Crippen MR) is 92.6 cm³/mol. The lowest BCUT2D eigenvalue weighted by Crippen LogP contribution is -2.37. The third kappa shape index (κ3) is 2.68. The highest BCUT2D eigenvalue weighted by molar-refractivity contribution is 5.73. The van der Waals surface area contributed by atoms with Crippen LogP contribution in [0.2, 0.25) is 0 Å². The molecule has 2 amide bonds. The van der Waals surface area contributed by atoms with Crippen molar-refractivity contribution in [3.8, 4) is 0 Å². The number of amides is 2. The van der Waals surface area contributed by atoms with E-state index in [2.05, 4.69) is 40.0 Å². The van der Waals surface area contributed by atoms with Crippen molar-refractivity contribution in [2.45, 2.75) is 37.6 Å². The first-order valence-corrected chi connectivity index (χ1v) is 8.76. The van der Waals surface area contributed by atoms with Crippen LogP contribution in [0.25, 0.3) is 0 Å². The van der Waals surface area contributed by atoms with Crippen molar-refractivity contribution in [3.63, 3.8) is 0 Å². The molecule has 5 heteroatoms. The maximum atomic E-state index is 12.0. The van der Waals surface area contributed by atoms with Gasteiger partial charge in [-0.1, -0.05) is 24.3 Å². The second kappa shape index (κ2) is 5.96. The molecule has 0 radical (unpaired) electrons. The van der Waals surface area contributed by atoms with Crippen molar-refractivity contribution in [3.05, 3.63) is 53.3 Å². The van der Waals surface area contributed by atoms with Gasteiger partial charge in [-0.2, -0.15) is 5.10 Å². The zero-order chi connectivity index (χ0) is 16.6. The zero-order valence-electron chi connectivity index (χ0n) is 14.1. The number of aryl methyl sites for hydroxylation is 2. The van der Waals surface area contributed by atoms with Crippen molar-refractivity contribution in [1.82, 2.24) is 20.4 Å². The Kier molecular flexibility index (Phi) is 3.79. The largest absolute Gasteiger partial charge is 0.338 e. The van der Waals surface area contributed by atoms with E-state index in [0.717, 1.165) is 12.2 Å². The normalized spacial score (nSPS) is 24.5. The van der Waals surface area contributed by atoms with E-state index in [0.29, 0.717) is 17.9 Å². The maximum Gasteiger partial charge on any atom is 0.315 e. The lowest BCUT2D eigenvalue weighted by atomic mass is 9.78. The summed E-state index contributed by atoms with van der Waals surface area (Å²) in [6.07, 6.45) is 6.66. The first-order chi connectivity index (χ1) is 11.7. The Morgan fingerprint density at radius 1 is 1.33 bits per heavy atom. The molecular weight excluding hydrogens is 300 g/mol. The van der Waals surface area contributed by atoms with Crippen LogP contribution in [-0.2, 0) is 25.4 Å². The molecule has 5 nitrogen and oxygen atoms in total. The van der Waals surface area contributed by atoms with Gasteiger partial charge in [0, 0.05) is 25.2 Å². The molecule has 1 heterocycles. The third-order valence-corrected chi connectivity index (χ3v) is 5.72. The number of urea groups is 1. The van der Waals surface area contributed by atoms with Crippen molar-refractivity contribution in [2.24, 2.45) is 13.0 Å². The first kappa shape index (κ1) is 15.2. The van der Waals surface area contributed by atoms with Crippen molar-refractivity contribution in [1.29, 1.82) is 0 Å². The van der Waals surface area contributed by atoms with Gasteiger partial charge in [-0.25, -0.2) is 4.79 Å². The molecule has 1 aromatic carbocycles. The van der Waals surface area contributed by atoms with Crippen LogP contribution in [0, 0.1) is 5.92 Å². The monoisotopic (exact) mass is 324 g/mol. The lowest BCUT2D eigenvalue weighted by Gasteiger charge is -2.26. The Labute approximate surface area is 142 Å². The fourth-order valence-corrected chi connectivity index (χ4v) is 4.26. The average molecular weight is 324 g/mol. The second-order valence-electron chi connectivity index (χ2n) is 7.08. The number of rotatable bonds is 4. The molecule has 0 aliphatic heterocycles. The van der Waals surface area contributed by atoms with Crippen molar-refractivity contribution in [2.75, 3.05) is 6.54 Å². The van der Waals surface area contributed by atoms with Gasteiger partial charge in [-0.05, 0) is 48.8 Å². The van der Waals surface area contributed by atoms with Gasteiger partial charge in [0.2, 0.25) is 0 Å². The minimum absolute atomic E-state index is 0.0951. The maximum absolute atomic E-state index is 12.0. The van der Waals surface area contributed by atoms with E-state index in [1.165, 1.54) is 36.8 Å². The van der Waals surface area contributed by atoms with Gasteiger partial charge >= 0.3 is 6.03 Å². The van der Waals surface area contributed by atoms with E-state index >= 15 is 0 Å². The molecule has 1 aromatic heterocycles. The molecule has 1 spiro atoms. The van der Waals surface area contributed by atoms with Crippen LogP contribution in [0.4, 0.5) is 4.79 Å². The highest BCUT2D eigenvalue weighted by Gasteiger charge is 2.56. The molecule has 0 unspecified atom stereocenters. The molecule has 0 bridgehead atoms.